The van der Waals surface area contributed by atoms with Gasteiger partial charge < -0.3 is 10.0 Å². The maximum atomic E-state index is 12.8. The molecule has 18 heavy (non-hydrogen) atoms. The molecule has 0 aromatic carbocycles. The van der Waals surface area contributed by atoms with Gasteiger partial charge in [-0.2, -0.15) is 13.2 Å². The van der Waals surface area contributed by atoms with Gasteiger partial charge in [-0.3, -0.25) is 0 Å². The van der Waals surface area contributed by atoms with Crippen LogP contribution in [0.3, 0.4) is 0 Å². The first-order valence-electron chi connectivity index (χ1n) is 5.91. The van der Waals surface area contributed by atoms with Gasteiger partial charge in [0.1, 0.15) is 5.82 Å². The van der Waals surface area contributed by atoms with Crippen LogP contribution in [0.4, 0.5) is 19.0 Å². The highest BCUT2D eigenvalue weighted by Crippen LogP contribution is 2.46. The molecular weight excluding hydrogens is 245 g/mol. The van der Waals surface area contributed by atoms with E-state index < -0.39 is 18.3 Å². The Hall–Kier alpha value is -1.30. The summed E-state index contributed by atoms with van der Waals surface area (Å²) in [6.45, 7) is 0.953. The van der Waals surface area contributed by atoms with Crippen molar-refractivity contribution in [1.29, 1.82) is 0 Å². The van der Waals surface area contributed by atoms with E-state index in [9.17, 15) is 13.2 Å². The van der Waals surface area contributed by atoms with Crippen molar-refractivity contribution >= 4 is 5.82 Å². The number of aliphatic hydroxyl groups is 1. The molecule has 1 saturated heterocycles. The molecule has 3 rings (SSSR count). The molecule has 0 spiro atoms. The molecule has 0 radical (unpaired) electrons. The van der Waals surface area contributed by atoms with Gasteiger partial charge >= 0.3 is 6.18 Å². The zero-order chi connectivity index (χ0) is 12.9. The van der Waals surface area contributed by atoms with Crippen LogP contribution >= 0.6 is 0 Å². The van der Waals surface area contributed by atoms with E-state index in [0.29, 0.717) is 17.7 Å². The van der Waals surface area contributed by atoms with Crippen LogP contribution in [0.25, 0.3) is 0 Å². The monoisotopic (exact) mass is 258 g/mol. The van der Waals surface area contributed by atoms with Crippen LogP contribution in [0.2, 0.25) is 0 Å². The summed E-state index contributed by atoms with van der Waals surface area (Å²) in [5.41, 5.74) is -0.953. The molecule has 1 aromatic rings. The highest BCUT2D eigenvalue weighted by molar-refractivity contribution is 5.46. The van der Waals surface area contributed by atoms with Gasteiger partial charge in [-0.25, -0.2) is 4.98 Å². The van der Waals surface area contributed by atoms with Crippen LogP contribution in [-0.4, -0.2) is 23.2 Å². The molecule has 2 unspecified atom stereocenters. The fourth-order valence-electron chi connectivity index (χ4n) is 2.62. The molecule has 2 fully saturated rings. The molecular formula is C12H13F3N2O. The smallest absolute Gasteiger partial charge is 0.392 e. The number of piperidine rings is 1. The summed E-state index contributed by atoms with van der Waals surface area (Å²) >= 11 is 0. The SMILES string of the molecule is OCc1cnc(N2CC3CC3C2)cc1C(F)(F)F. The van der Waals surface area contributed by atoms with Crippen molar-refractivity contribution in [2.24, 2.45) is 11.8 Å². The van der Waals surface area contributed by atoms with E-state index in [0.717, 1.165) is 25.4 Å². The standard InChI is InChI=1S/C12H13F3N2O/c13-12(14,15)10-2-11(16-3-9(10)6-18)17-4-7-1-8(7)5-17/h2-3,7-8,18H,1,4-6H2. The van der Waals surface area contributed by atoms with Gasteiger partial charge in [-0.1, -0.05) is 0 Å². The van der Waals surface area contributed by atoms with Gasteiger partial charge in [-0.05, 0) is 24.3 Å². The van der Waals surface area contributed by atoms with Gasteiger partial charge in [0.25, 0.3) is 0 Å². The molecule has 98 valence electrons. The third-order valence-electron chi connectivity index (χ3n) is 3.75. The predicted molar refractivity (Wildman–Crippen MR) is 59.0 cm³/mol. The number of aromatic nitrogens is 1. The number of anilines is 1. The Morgan fingerprint density at radius 3 is 2.56 bits per heavy atom. The zero-order valence-corrected chi connectivity index (χ0v) is 9.61. The van der Waals surface area contributed by atoms with Crippen molar-refractivity contribution in [3.8, 4) is 0 Å². The molecule has 1 aliphatic carbocycles. The maximum absolute atomic E-state index is 12.8. The minimum Gasteiger partial charge on any atom is -0.392 e. The Bertz CT molecular complexity index is 465. The Balaban J connectivity index is 1.92. The normalized spacial score (nSPS) is 26.3. The molecule has 2 atom stereocenters. The largest absolute Gasteiger partial charge is 0.416 e. The average molecular weight is 258 g/mol. The third-order valence-corrected chi connectivity index (χ3v) is 3.75. The zero-order valence-electron chi connectivity index (χ0n) is 9.61. The van der Waals surface area contributed by atoms with Crippen LogP contribution < -0.4 is 4.90 Å². The quantitative estimate of drug-likeness (QED) is 0.882. The van der Waals surface area contributed by atoms with Crippen LogP contribution in [0.15, 0.2) is 12.3 Å². The Kier molecular flexibility index (Phi) is 2.52. The number of nitrogens with zero attached hydrogens (tertiary/aromatic N) is 2. The number of aliphatic hydroxyl groups excluding tert-OH is 1. The number of halogens is 3. The number of hydrogen-bond acceptors (Lipinski definition) is 3. The minimum atomic E-state index is -4.45. The average Bonchev–Trinajstić information content (AvgIpc) is 2.94. The number of hydrogen-bond donors (Lipinski definition) is 1. The van der Waals surface area contributed by atoms with Gasteiger partial charge in [0.15, 0.2) is 0 Å². The first-order valence-corrected chi connectivity index (χ1v) is 5.91. The fourth-order valence-corrected chi connectivity index (χ4v) is 2.62. The summed E-state index contributed by atoms with van der Waals surface area (Å²) in [5, 5.41) is 8.93. The first kappa shape index (κ1) is 11.8. The lowest BCUT2D eigenvalue weighted by Gasteiger charge is -2.21. The van der Waals surface area contributed by atoms with Crippen LogP contribution in [0.5, 0.6) is 0 Å². The van der Waals surface area contributed by atoms with E-state index in [1.807, 2.05) is 4.90 Å². The molecule has 1 saturated carbocycles. The molecule has 0 bridgehead atoms. The summed E-state index contributed by atoms with van der Waals surface area (Å²) in [7, 11) is 0. The number of rotatable bonds is 2. The maximum Gasteiger partial charge on any atom is 0.416 e. The second kappa shape index (κ2) is 3.85. The van der Waals surface area contributed by atoms with Gasteiger partial charge in [0.2, 0.25) is 0 Å². The van der Waals surface area contributed by atoms with Gasteiger partial charge in [-0.15, -0.1) is 0 Å². The third kappa shape index (κ3) is 1.94. The molecule has 1 aromatic heterocycles. The number of fused-ring (bicyclic) bond motifs is 1. The second-order valence-corrected chi connectivity index (χ2v) is 5.02. The summed E-state index contributed by atoms with van der Waals surface area (Å²) < 4.78 is 38.5. The van der Waals surface area contributed by atoms with E-state index in [1.165, 1.54) is 6.42 Å². The molecule has 6 heteroatoms. The van der Waals surface area contributed by atoms with Crippen molar-refractivity contribution in [2.75, 3.05) is 18.0 Å². The lowest BCUT2D eigenvalue weighted by Crippen LogP contribution is -2.24. The molecule has 2 heterocycles. The lowest BCUT2D eigenvalue weighted by atomic mass is 10.1. The van der Waals surface area contributed by atoms with Crippen molar-refractivity contribution < 1.29 is 18.3 Å². The second-order valence-electron chi connectivity index (χ2n) is 5.02. The summed E-state index contributed by atoms with van der Waals surface area (Å²) in [5.74, 6) is 1.64. The highest BCUT2D eigenvalue weighted by Gasteiger charge is 2.45. The predicted octanol–water partition coefficient (Wildman–Crippen LogP) is 2.05. The van der Waals surface area contributed by atoms with Crippen molar-refractivity contribution in [2.45, 2.75) is 19.2 Å². The van der Waals surface area contributed by atoms with Gasteiger partial charge in [0, 0.05) is 24.8 Å². The van der Waals surface area contributed by atoms with Gasteiger partial charge in [0.05, 0.1) is 12.2 Å². The van der Waals surface area contributed by atoms with Crippen molar-refractivity contribution in [3.05, 3.63) is 23.4 Å². The molecule has 1 N–H and O–H groups in total. The molecule has 0 amide bonds. The molecule has 1 aliphatic heterocycles. The minimum absolute atomic E-state index is 0.171. The summed E-state index contributed by atoms with van der Waals surface area (Å²) in [4.78, 5) is 5.92. The fraction of sp³-hybridized carbons (Fsp3) is 0.583. The number of pyridine rings is 1. The number of alkyl halides is 3. The molecule has 3 nitrogen and oxygen atoms in total. The highest BCUT2D eigenvalue weighted by atomic mass is 19.4. The Morgan fingerprint density at radius 1 is 1.33 bits per heavy atom. The van der Waals surface area contributed by atoms with E-state index >= 15 is 0 Å². The summed E-state index contributed by atoms with van der Waals surface area (Å²) in [6, 6.07) is 1.05. The van der Waals surface area contributed by atoms with Crippen LogP contribution in [-0.2, 0) is 12.8 Å². The topological polar surface area (TPSA) is 36.4 Å². The van der Waals surface area contributed by atoms with E-state index in [-0.39, 0.29) is 5.56 Å². The molecule has 2 aliphatic rings. The van der Waals surface area contributed by atoms with Crippen LogP contribution in [0.1, 0.15) is 17.5 Å². The summed E-state index contributed by atoms with van der Waals surface area (Å²) in [6.07, 6.45) is -2.13. The lowest BCUT2D eigenvalue weighted by molar-refractivity contribution is -0.138. The van der Waals surface area contributed by atoms with E-state index in [4.69, 9.17) is 5.11 Å². The van der Waals surface area contributed by atoms with Crippen LogP contribution in [0, 0.1) is 11.8 Å². The van der Waals surface area contributed by atoms with E-state index in [2.05, 4.69) is 4.98 Å². The van der Waals surface area contributed by atoms with Crippen molar-refractivity contribution in [1.82, 2.24) is 4.98 Å². The Morgan fingerprint density at radius 2 is 2.00 bits per heavy atom. The van der Waals surface area contributed by atoms with Crippen molar-refractivity contribution in [3.63, 3.8) is 0 Å². The first-order chi connectivity index (χ1) is 8.49. The Labute approximate surface area is 102 Å². The van der Waals surface area contributed by atoms with E-state index in [1.54, 1.807) is 0 Å².